The van der Waals surface area contributed by atoms with Crippen LogP contribution in [0.2, 0.25) is 0 Å². The van der Waals surface area contributed by atoms with Crippen LogP contribution in [0, 0.1) is 3.57 Å². The summed E-state index contributed by atoms with van der Waals surface area (Å²) in [6.45, 7) is 0.278. The van der Waals surface area contributed by atoms with Crippen molar-refractivity contribution in [3.63, 3.8) is 0 Å². The first-order valence-corrected chi connectivity index (χ1v) is 4.85. The Morgan fingerprint density at radius 3 is 2.92 bits per heavy atom. The highest BCUT2D eigenvalue weighted by Gasteiger charge is 2.12. The minimum atomic E-state index is 0.278. The van der Waals surface area contributed by atoms with Crippen molar-refractivity contribution in [1.82, 2.24) is 0 Å². The van der Waals surface area contributed by atoms with Crippen molar-refractivity contribution in [2.75, 3.05) is 12.5 Å². The van der Waals surface area contributed by atoms with E-state index in [1.165, 1.54) is 0 Å². The maximum Gasteiger partial charge on any atom is 0.230 e. The third-order valence-corrected chi connectivity index (χ3v) is 2.42. The molecule has 0 atom stereocenters. The van der Waals surface area contributed by atoms with Crippen molar-refractivity contribution in [3.8, 4) is 0 Å². The lowest BCUT2D eigenvalue weighted by molar-refractivity contribution is 0.101. The Morgan fingerprint density at radius 2 is 2.23 bits per heavy atom. The van der Waals surface area contributed by atoms with Crippen LogP contribution in [0.5, 0.6) is 0 Å². The fraction of sp³-hybridized carbons (Fsp3) is 0.111. The van der Waals surface area contributed by atoms with E-state index in [0.29, 0.717) is 11.4 Å². The predicted molar refractivity (Wildman–Crippen MR) is 58.6 cm³/mol. The van der Waals surface area contributed by atoms with E-state index in [9.17, 15) is 0 Å². The van der Waals surface area contributed by atoms with Gasteiger partial charge in [-0.3, -0.25) is 0 Å². The zero-order chi connectivity index (χ0) is 9.26. The van der Waals surface area contributed by atoms with Crippen molar-refractivity contribution >= 4 is 34.0 Å². The van der Waals surface area contributed by atoms with E-state index in [1.807, 2.05) is 18.2 Å². The number of benzene rings is 1. The molecular formula is C9H8INO2. The molecule has 0 bridgehead atoms. The highest BCUT2D eigenvalue weighted by molar-refractivity contribution is 14.1. The van der Waals surface area contributed by atoms with Crippen LogP contribution in [0.15, 0.2) is 24.5 Å². The molecule has 1 heterocycles. The summed E-state index contributed by atoms with van der Waals surface area (Å²) >= 11 is 2.23. The van der Waals surface area contributed by atoms with Gasteiger partial charge < -0.3 is 15.2 Å². The largest absolute Gasteiger partial charge is 0.461 e. The Kier molecular flexibility index (Phi) is 2.30. The molecule has 0 radical (unpaired) electrons. The lowest BCUT2D eigenvalue weighted by Gasteiger charge is -2.05. The molecule has 0 aliphatic carbocycles. The molecule has 4 heteroatoms. The molecule has 68 valence electrons. The second-order valence-electron chi connectivity index (χ2n) is 2.64. The number of halogens is 1. The number of rotatable bonds is 1. The molecule has 0 saturated carbocycles. The summed E-state index contributed by atoms with van der Waals surface area (Å²) in [5.41, 5.74) is 7.39. The minimum absolute atomic E-state index is 0.278. The molecule has 0 saturated heterocycles. The lowest BCUT2D eigenvalue weighted by Crippen LogP contribution is -1.95. The van der Waals surface area contributed by atoms with Gasteiger partial charge in [-0.25, -0.2) is 0 Å². The molecular weight excluding hydrogens is 281 g/mol. The predicted octanol–water partition coefficient (Wildman–Crippen LogP) is 2.18. The van der Waals surface area contributed by atoms with Crippen LogP contribution in [-0.2, 0) is 9.47 Å². The molecule has 0 fully saturated rings. The van der Waals surface area contributed by atoms with E-state index in [-0.39, 0.29) is 6.79 Å². The zero-order valence-electron chi connectivity index (χ0n) is 6.79. The van der Waals surface area contributed by atoms with Crippen LogP contribution in [0.4, 0.5) is 5.69 Å². The van der Waals surface area contributed by atoms with Crippen LogP contribution >= 0.6 is 22.6 Å². The van der Waals surface area contributed by atoms with Gasteiger partial charge >= 0.3 is 0 Å². The minimum Gasteiger partial charge on any atom is -0.461 e. The lowest BCUT2D eigenvalue weighted by atomic mass is 10.1. The topological polar surface area (TPSA) is 44.5 Å². The summed E-state index contributed by atoms with van der Waals surface area (Å²) in [5, 5.41) is 0. The van der Waals surface area contributed by atoms with Gasteiger partial charge in [-0.1, -0.05) is 0 Å². The number of nitrogens with two attached hydrogens (primary N) is 1. The Hall–Kier alpha value is -0.910. The summed E-state index contributed by atoms with van der Waals surface area (Å²) in [7, 11) is 0. The summed E-state index contributed by atoms with van der Waals surface area (Å²) in [5.74, 6) is 0.705. The first-order valence-electron chi connectivity index (χ1n) is 3.77. The van der Waals surface area contributed by atoms with Gasteiger partial charge in [0, 0.05) is 14.8 Å². The van der Waals surface area contributed by atoms with Crippen molar-refractivity contribution in [2.24, 2.45) is 0 Å². The Morgan fingerprint density at radius 1 is 1.38 bits per heavy atom. The van der Waals surface area contributed by atoms with Crippen LogP contribution in [0.1, 0.15) is 5.56 Å². The number of hydrogen-bond acceptors (Lipinski definition) is 3. The van der Waals surface area contributed by atoms with Gasteiger partial charge in [0.05, 0.1) is 0 Å². The molecule has 2 N–H and O–H groups in total. The average molecular weight is 289 g/mol. The molecule has 1 aromatic rings. The van der Waals surface area contributed by atoms with Gasteiger partial charge in [0.2, 0.25) is 6.79 Å². The highest BCUT2D eigenvalue weighted by atomic mass is 127. The monoisotopic (exact) mass is 289 g/mol. The van der Waals surface area contributed by atoms with E-state index in [2.05, 4.69) is 22.6 Å². The van der Waals surface area contributed by atoms with Gasteiger partial charge in [0.15, 0.2) is 5.76 Å². The smallest absolute Gasteiger partial charge is 0.230 e. The Balaban J connectivity index is 2.43. The van der Waals surface area contributed by atoms with Crippen LogP contribution in [0.3, 0.4) is 0 Å². The number of ether oxygens (including phenoxy) is 2. The summed E-state index contributed by atoms with van der Waals surface area (Å²) in [4.78, 5) is 0. The van der Waals surface area contributed by atoms with Crippen LogP contribution < -0.4 is 5.73 Å². The third kappa shape index (κ3) is 1.72. The Labute approximate surface area is 89.7 Å². The molecule has 1 aromatic carbocycles. The fourth-order valence-electron chi connectivity index (χ4n) is 1.12. The van der Waals surface area contributed by atoms with Crippen molar-refractivity contribution < 1.29 is 9.47 Å². The van der Waals surface area contributed by atoms with Crippen molar-refractivity contribution in [3.05, 3.63) is 33.6 Å². The van der Waals surface area contributed by atoms with Gasteiger partial charge in [0.1, 0.15) is 6.26 Å². The molecule has 0 unspecified atom stereocenters. The van der Waals surface area contributed by atoms with Crippen molar-refractivity contribution in [2.45, 2.75) is 0 Å². The van der Waals surface area contributed by atoms with E-state index >= 15 is 0 Å². The normalized spacial score (nSPS) is 14.7. The molecule has 0 aromatic heterocycles. The highest BCUT2D eigenvalue weighted by Crippen LogP contribution is 2.27. The molecule has 0 spiro atoms. The second kappa shape index (κ2) is 3.45. The van der Waals surface area contributed by atoms with E-state index in [0.717, 1.165) is 9.13 Å². The van der Waals surface area contributed by atoms with E-state index < -0.39 is 0 Å². The van der Waals surface area contributed by atoms with E-state index in [4.69, 9.17) is 15.2 Å². The number of hydrogen-bond donors (Lipinski definition) is 1. The summed E-state index contributed by atoms with van der Waals surface area (Å²) in [6, 6.07) is 5.78. The van der Waals surface area contributed by atoms with Gasteiger partial charge in [-0.15, -0.1) is 0 Å². The van der Waals surface area contributed by atoms with Gasteiger partial charge in [-0.2, -0.15) is 0 Å². The second-order valence-corrected chi connectivity index (χ2v) is 3.89. The maximum absolute atomic E-state index is 5.79. The number of nitrogen functional groups attached to an aromatic ring is 1. The first-order chi connectivity index (χ1) is 6.27. The Bertz CT molecular complexity index is 363. The molecule has 3 nitrogen and oxygen atoms in total. The van der Waals surface area contributed by atoms with Gasteiger partial charge in [-0.05, 0) is 40.8 Å². The molecule has 1 aliphatic heterocycles. The molecule has 0 amide bonds. The van der Waals surface area contributed by atoms with Crippen molar-refractivity contribution in [1.29, 1.82) is 0 Å². The fourth-order valence-corrected chi connectivity index (χ4v) is 1.62. The average Bonchev–Trinajstić information content (AvgIpc) is 2.61. The standard InChI is InChI=1S/C9H8INO2/c10-6-1-2-8(11)7(3-6)9-4-12-5-13-9/h1-4H,5,11H2. The van der Waals surface area contributed by atoms with E-state index in [1.54, 1.807) is 6.26 Å². The van der Waals surface area contributed by atoms with Gasteiger partial charge in [0.25, 0.3) is 0 Å². The SMILES string of the molecule is Nc1ccc(I)cc1C1=COCO1. The molecule has 13 heavy (non-hydrogen) atoms. The quantitative estimate of drug-likeness (QED) is 0.636. The van der Waals surface area contributed by atoms with Crippen LogP contribution in [-0.4, -0.2) is 6.79 Å². The maximum atomic E-state index is 5.79. The summed E-state index contributed by atoms with van der Waals surface area (Å²) < 4.78 is 11.3. The zero-order valence-corrected chi connectivity index (χ0v) is 8.95. The molecule has 2 rings (SSSR count). The first kappa shape index (κ1) is 8.68. The summed E-state index contributed by atoms with van der Waals surface area (Å²) in [6.07, 6.45) is 1.59. The molecule has 1 aliphatic rings. The van der Waals surface area contributed by atoms with Crippen LogP contribution in [0.25, 0.3) is 5.76 Å². The third-order valence-electron chi connectivity index (χ3n) is 1.75. The number of anilines is 1.